The highest BCUT2D eigenvalue weighted by Crippen LogP contribution is 2.22. The maximum Gasteiger partial charge on any atom is 0.236 e. The van der Waals surface area contributed by atoms with Gasteiger partial charge in [0.2, 0.25) is 5.91 Å². The summed E-state index contributed by atoms with van der Waals surface area (Å²) >= 11 is 0. The third-order valence-electron chi connectivity index (χ3n) is 3.83. The molecule has 1 N–H and O–H groups in total. The van der Waals surface area contributed by atoms with Crippen LogP contribution in [0.25, 0.3) is 5.57 Å². The smallest absolute Gasteiger partial charge is 0.236 e. The second-order valence-corrected chi connectivity index (χ2v) is 5.34. The summed E-state index contributed by atoms with van der Waals surface area (Å²) in [6, 6.07) is 11.0. The number of carbonyl (C=O) groups excluding carboxylic acids is 1. The Hall–Kier alpha value is -1.61. The van der Waals surface area contributed by atoms with Gasteiger partial charge in [-0.25, -0.2) is 0 Å². The molecule has 0 saturated heterocycles. The van der Waals surface area contributed by atoms with E-state index in [4.69, 9.17) is 0 Å². The van der Waals surface area contributed by atoms with Crippen molar-refractivity contribution in [2.75, 3.05) is 19.6 Å². The Labute approximate surface area is 114 Å². The number of nitrogens with one attached hydrogen (secondary N) is 1. The Morgan fingerprint density at radius 2 is 2.05 bits per heavy atom. The summed E-state index contributed by atoms with van der Waals surface area (Å²) in [5.74, 6) is 0.232. The SMILES string of the molecule is O=C(CNC1CC1)N1CC=C(c2ccccc2)CC1. The van der Waals surface area contributed by atoms with Crippen LogP contribution in [0, 0.1) is 0 Å². The average Bonchev–Trinajstić information content (AvgIpc) is 3.30. The molecule has 1 aliphatic heterocycles. The molecule has 0 aromatic heterocycles. The second kappa shape index (κ2) is 5.57. The van der Waals surface area contributed by atoms with Gasteiger partial charge in [0.05, 0.1) is 6.54 Å². The van der Waals surface area contributed by atoms with E-state index in [9.17, 15) is 4.79 Å². The van der Waals surface area contributed by atoms with Crippen LogP contribution in [0.3, 0.4) is 0 Å². The Morgan fingerprint density at radius 1 is 1.26 bits per heavy atom. The van der Waals surface area contributed by atoms with Crippen molar-refractivity contribution in [2.45, 2.75) is 25.3 Å². The van der Waals surface area contributed by atoms with Crippen LogP contribution in [0.5, 0.6) is 0 Å². The van der Waals surface area contributed by atoms with E-state index in [0.717, 1.165) is 19.5 Å². The summed E-state index contributed by atoms with van der Waals surface area (Å²) < 4.78 is 0. The zero-order valence-corrected chi connectivity index (χ0v) is 11.1. The highest BCUT2D eigenvalue weighted by Gasteiger charge is 2.23. The van der Waals surface area contributed by atoms with Crippen LogP contribution in [0.4, 0.5) is 0 Å². The highest BCUT2D eigenvalue weighted by atomic mass is 16.2. The lowest BCUT2D eigenvalue weighted by Crippen LogP contribution is -2.40. The van der Waals surface area contributed by atoms with E-state index in [0.29, 0.717) is 12.6 Å². The van der Waals surface area contributed by atoms with Crippen LogP contribution in [-0.4, -0.2) is 36.5 Å². The zero-order valence-electron chi connectivity index (χ0n) is 11.1. The van der Waals surface area contributed by atoms with Gasteiger partial charge in [-0.05, 0) is 30.4 Å². The van der Waals surface area contributed by atoms with Crippen molar-refractivity contribution in [1.82, 2.24) is 10.2 Å². The quantitative estimate of drug-likeness (QED) is 0.894. The van der Waals surface area contributed by atoms with Gasteiger partial charge in [0.15, 0.2) is 0 Å². The van der Waals surface area contributed by atoms with Crippen molar-refractivity contribution >= 4 is 11.5 Å². The normalized spacial score (nSPS) is 19.2. The minimum atomic E-state index is 0.232. The molecule has 19 heavy (non-hydrogen) atoms. The number of carbonyl (C=O) groups is 1. The lowest BCUT2D eigenvalue weighted by molar-refractivity contribution is -0.129. The molecule has 0 radical (unpaired) electrons. The Kier molecular flexibility index (Phi) is 3.65. The van der Waals surface area contributed by atoms with Crippen LogP contribution < -0.4 is 5.32 Å². The van der Waals surface area contributed by atoms with E-state index < -0.39 is 0 Å². The van der Waals surface area contributed by atoms with E-state index in [2.05, 4.69) is 35.7 Å². The standard InChI is InChI=1S/C16H20N2O/c19-16(12-17-15-6-7-15)18-10-8-14(9-11-18)13-4-2-1-3-5-13/h1-5,8,15,17H,6-7,9-12H2. The molecule has 1 aromatic carbocycles. The molecule has 2 aliphatic rings. The lowest BCUT2D eigenvalue weighted by atomic mass is 9.99. The van der Waals surface area contributed by atoms with Gasteiger partial charge in [0, 0.05) is 19.1 Å². The Morgan fingerprint density at radius 3 is 2.68 bits per heavy atom. The van der Waals surface area contributed by atoms with Crippen molar-refractivity contribution in [3.8, 4) is 0 Å². The van der Waals surface area contributed by atoms with Crippen molar-refractivity contribution in [3.63, 3.8) is 0 Å². The molecule has 1 aromatic rings. The van der Waals surface area contributed by atoms with E-state index in [1.165, 1.54) is 24.0 Å². The number of benzene rings is 1. The van der Waals surface area contributed by atoms with E-state index in [-0.39, 0.29) is 5.91 Å². The Bertz CT molecular complexity index is 477. The molecule has 0 spiro atoms. The fraction of sp³-hybridized carbons (Fsp3) is 0.438. The lowest BCUT2D eigenvalue weighted by Gasteiger charge is -2.27. The maximum atomic E-state index is 12.0. The molecule has 1 heterocycles. The maximum absolute atomic E-state index is 12.0. The predicted octanol–water partition coefficient (Wildman–Crippen LogP) is 2.05. The van der Waals surface area contributed by atoms with Gasteiger partial charge >= 0.3 is 0 Å². The molecular weight excluding hydrogens is 236 g/mol. The van der Waals surface area contributed by atoms with Crippen LogP contribution >= 0.6 is 0 Å². The van der Waals surface area contributed by atoms with E-state index in [1.54, 1.807) is 0 Å². The highest BCUT2D eigenvalue weighted by molar-refractivity contribution is 5.80. The predicted molar refractivity (Wildman–Crippen MR) is 76.6 cm³/mol. The van der Waals surface area contributed by atoms with Gasteiger partial charge in [0.1, 0.15) is 0 Å². The van der Waals surface area contributed by atoms with Gasteiger partial charge in [-0.1, -0.05) is 36.4 Å². The Balaban J connectivity index is 1.55. The first-order valence-electron chi connectivity index (χ1n) is 7.08. The molecule has 1 fully saturated rings. The summed E-state index contributed by atoms with van der Waals surface area (Å²) in [5.41, 5.74) is 2.64. The molecule has 0 atom stereocenters. The molecule has 0 bridgehead atoms. The van der Waals surface area contributed by atoms with E-state index >= 15 is 0 Å². The van der Waals surface area contributed by atoms with Gasteiger partial charge in [0.25, 0.3) is 0 Å². The average molecular weight is 256 g/mol. The fourth-order valence-corrected chi connectivity index (χ4v) is 2.44. The number of hydrogen-bond acceptors (Lipinski definition) is 2. The third kappa shape index (κ3) is 3.24. The summed E-state index contributed by atoms with van der Waals surface area (Å²) in [7, 11) is 0. The number of amides is 1. The number of rotatable bonds is 4. The molecule has 0 unspecified atom stereocenters. The molecule has 1 saturated carbocycles. The third-order valence-corrected chi connectivity index (χ3v) is 3.83. The first-order valence-corrected chi connectivity index (χ1v) is 7.08. The van der Waals surface area contributed by atoms with Crippen molar-refractivity contribution in [2.24, 2.45) is 0 Å². The van der Waals surface area contributed by atoms with Crippen LogP contribution in [0.15, 0.2) is 36.4 Å². The van der Waals surface area contributed by atoms with Crippen molar-refractivity contribution < 1.29 is 4.79 Å². The minimum Gasteiger partial charge on any atom is -0.338 e. The molecule has 3 rings (SSSR count). The largest absolute Gasteiger partial charge is 0.338 e. The van der Waals surface area contributed by atoms with E-state index in [1.807, 2.05) is 11.0 Å². The van der Waals surface area contributed by atoms with Gasteiger partial charge in [-0.3, -0.25) is 4.79 Å². The van der Waals surface area contributed by atoms with Crippen LogP contribution in [-0.2, 0) is 4.79 Å². The molecule has 100 valence electrons. The molecule has 1 aliphatic carbocycles. The van der Waals surface area contributed by atoms with Gasteiger partial charge in [-0.15, -0.1) is 0 Å². The first-order chi connectivity index (χ1) is 9.33. The van der Waals surface area contributed by atoms with Crippen LogP contribution in [0.1, 0.15) is 24.8 Å². The topological polar surface area (TPSA) is 32.3 Å². The summed E-state index contributed by atoms with van der Waals surface area (Å²) in [5, 5.41) is 3.28. The first kappa shape index (κ1) is 12.4. The summed E-state index contributed by atoms with van der Waals surface area (Å²) in [6.07, 6.45) is 5.60. The number of hydrogen-bond donors (Lipinski definition) is 1. The van der Waals surface area contributed by atoms with Crippen LogP contribution in [0.2, 0.25) is 0 Å². The zero-order chi connectivity index (χ0) is 13.1. The fourth-order valence-electron chi connectivity index (χ4n) is 2.44. The minimum absolute atomic E-state index is 0.232. The number of nitrogens with zero attached hydrogens (tertiary/aromatic N) is 1. The van der Waals surface area contributed by atoms with Crippen molar-refractivity contribution in [1.29, 1.82) is 0 Å². The molecule has 3 nitrogen and oxygen atoms in total. The summed E-state index contributed by atoms with van der Waals surface area (Å²) in [6.45, 7) is 2.08. The second-order valence-electron chi connectivity index (χ2n) is 5.34. The summed E-state index contributed by atoms with van der Waals surface area (Å²) in [4.78, 5) is 14.0. The van der Waals surface area contributed by atoms with Gasteiger partial charge in [-0.2, -0.15) is 0 Å². The molecule has 3 heteroatoms. The van der Waals surface area contributed by atoms with Crippen molar-refractivity contribution in [3.05, 3.63) is 42.0 Å². The van der Waals surface area contributed by atoms with Gasteiger partial charge < -0.3 is 10.2 Å². The molecule has 1 amide bonds. The monoisotopic (exact) mass is 256 g/mol. The molecular formula is C16H20N2O.